The predicted molar refractivity (Wildman–Crippen MR) is 101 cm³/mol. The van der Waals surface area contributed by atoms with Crippen LogP contribution >= 0.6 is 23.2 Å². The van der Waals surface area contributed by atoms with Crippen LogP contribution in [0.4, 0.5) is 0 Å². The summed E-state index contributed by atoms with van der Waals surface area (Å²) in [5.41, 5.74) is 0. The SMILES string of the molecule is O=C(OC(=O)[C@@H]1[C@@H]2C[C@H]([C@@H]1C(=O)O)[C@@H](C(=O)Cl)C2)[C@@H]1[C@@H]2C[C@H]([C@@H]1C(=O)O)[C@@H](C(=O)Cl)C2. The number of carboxylic acids is 2. The average molecular weight is 475 g/mol. The second-order valence-electron chi connectivity index (χ2n) is 9.13. The highest BCUT2D eigenvalue weighted by Crippen LogP contribution is 2.58. The highest BCUT2D eigenvalue weighted by Gasteiger charge is 2.63. The normalized spacial score (nSPS) is 42.4. The van der Waals surface area contributed by atoms with Crippen molar-refractivity contribution in [1.82, 2.24) is 0 Å². The van der Waals surface area contributed by atoms with Gasteiger partial charge in [-0.15, -0.1) is 0 Å². The number of rotatable bonds is 6. The lowest BCUT2D eigenvalue weighted by Crippen LogP contribution is -2.44. The van der Waals surface area contributed by atoms with Crippen molar-refractivity contribution in [2.45, 2.75) is 25.7 Å². The minimum atomic E-state index is -1.27. The molecule has 4 saturated carbocycles. The van der Waals surface area contributed by atoms with Crippen LogP contribution in [-0.2, 0) is 33.5 Å². The highest BCUT2D eigenvalue weighted by molar-refractivity contribution is 6.64. The van der Waals surface area contributed by atoms with Gasteiger partial charge in [0.2, 0.25) is 10.5 Å². The van der Waals surface area contributed by atoms with E-state index >= 15 is 0 Å². The van der Waals surface area contributed by atoms with Crippen molar-refractivity contribution in [3.63, 3.8) is 0 Å². The lowest BCUT2D eigenvalue weighted by molar-refractivity contribution is -0.176. The lowest BCUT2D eigenvalue weighted by Gasteiger charge is -2.32. The van der Waals surface area contributed by atoms with Crippen LogP contribution in [0.25, 0.3) is 0 Å². The van der Waals surface area contributed by atoms with Crippen LogP contribution in [0.1, 0.15) is 25.7 Å². The molecule has 9 nitrogen and oxygen atoms in total. The number of carbonyl (C=O) groups excluding carboxylic acids is 4. The molecule has 31 heavy (non-hydrogen) atoms. The molecule has 4 aliphatic carbocycles. The first-order chi connectivity index (χ1) is 14.5. The molecule has 0 spiro atoms. The Bertz CT molecular complexity index is 816. The zero-order chi connectivity index (χ0) is 22.8. The Morgan fingerprint density at radius 3 is 1.26 bits per heavy atom. The topological polar surface area (TPSA) is 152 Å². The number of carbonyl (C=O) groups is 6. The molecule has 4 rings (SSSR count). The van der Waals surface area contributed by atoms with Gasteiger partial charge in [0.15, 0.2) is 0 Å². The second kappa shape index (κ2) is 7.85. The van der Waals surface area contributed by atoms with Crippen LogP contribution in [-0.4, -0.2) is 44.6 Å². The molecule has 0 aromatic carbocycles. The van der Waals surface area contributed by atoms with Gasteiger partial charge in [0.1, 0.15) is 0 Å². The van der Waals surface area contributed by atoms with Gasteiger partial charge in [0.05, 0.1) is 23.7 Å². The van der Waals surface area contributed by atoms with E-state index in [0.717, 1.165) is 0 Å². The number of fused-ring (bicyclic) bond motifs is 4. The van der Waals surface area contributed by atoms with Gasteiger partial charge in [0, 0.05) is 11.8 Å². The molecule has 10 atom stereocenters. The Morgan fingerprint density at radius 1 is 0.613 bits per heavy atom. The van der Waals surface area contributed by atoms with Crippen molar-refractivity contribution in [2.75, 3.05) is 0 Å². The van der Waals surface area contributed by atoms with E-state index in [-0.39, 0.29) is 12.8 Å². The number of hydrogen-bond donors (Lipinski definition) is 2. The molecular weight excluding hydrogens is 455 g/mol. The van der Waals surface area contributed by atoms with E-state index in [4.69, 9.17) is 27.9 Å². The summed E-state index contributed by atoms with van der Waals surface area (Å²) >= 11 is 11.1. The zero-order valence-corrected chi connectivity index (χ0v) is 17.6. The number of esters is 2. The molecule has 11 heteroatoms. The first kappa shape index (κ1) is 22.2. The third kappa shape index (κ3) is 3.46. The fraction of sp³-hybridized carbons (Fsp3) is 0.700. The van der Waals surface area contributed by atoms with Crippen LogP contribution in [0, 0.1) is 59.2 Å². The van der Waals surface area contributed by atoms with Crippen molar-refractivity contribution in [1.29, 1.82) is 0 Å². The van der Waals surface area contributed by atoms with Gasteiger partial charge in [0.25, 0.3) is 0 Å². The molecule has 0 aromatic heterocycles. The average Bonchev–Trinajstić information content (AvgIpc) is 3.43. The van der Waals surface area contributed by atoms with Crippen LogP contribution in [0.5, 0.6) is 0 Å². The predicted octanol–water partition coefficient (Wildman–Crippen LogP) is 1.53. The molecule has 2 N–H and O–H groups in total. The summed E-state index contributed by atoms with van der Waals surface area (Å²) in [6.45, 7) is 0. The molecule has 0 unspecified atom stereocenters. The maximum Gasteiger partial charge on any atom is 0.317 e. The van der Waals surface area contributed by atoms with E-state index in [1.807, 2.05) is 0 Å². The molecule has 0 radical (unpaired) electrons. The van der Waals surface area contributed by atoms with Gasteiger partial charge >= 0.3 is 23.9 Å². The van der Waals surface area contributed by atoms with Crippen molar-refractivity contribution < 1.29 is 43.7 Å². The van der Waals surface area contributed by atoms with Gasteiger partial charge in [-0.05, 0) is 72.6 Å². The molecule has 4 fully saturated rings. The smallest absolute Gasteiger partial charge is 0.317 e. The maximum absolute atomic E-state index is 12.8. The summed E-state index contributed by atoms with van der Waals surface area (Å²) in [6.07, 6.45) is 1.13. The van der Waals surface area contributed by atoms with E-state index in [1.165, 1.54) is 0 Å². The fourth-order valence-corrected chi connectivity index (χ4v) is 7.33. The summed E-state index contributed by atoms with van der Waals surface area (Å²) < 4.78 is 5.04. The summed E-state index contributed by atoms with van der Waals surface area (Å²) in [5.74, 6) is -12.6. The number of carboxylic acid groups (broad SMARTS) is 2. The summed E-state index contributed by atoms with van der Waals surface area (Å²) in [7, 11) is 0. The van der Waals surface area contributed by atoms with Gasteiger partial charge in [-0.2, -0.15) is 0 Å². The zero-order valence-electron chi connectivity index (χ0n) is 16.1. The Balaban J connectivity index is 1.50. The molecule has 0 amide bonds. The number of aliphatic carboxylic acids is 2. The summed E-state index contributed by atoms with van der Waals surface area (Å²) in [6, 6.07) is 0. The van der Waals surface area contributed by atoms with Crippen LogP contribution < -0.4 is 0 Å². The monoisotopic (exact) mass is 474 g/mol. The van der Waals surface area contributed by atoms with E-state index in [9.17, 15) is 39.0 Å². The third-order valence-electron chi connectivity index (χ3n) is 7.91. The molecule has 0 heterocycles. The molecule has 4 bridgehead atoms. The first-order valence-electron chi connectivity index (χ1n) is 10.1. The Hall–Kier alpha value is -2.00. The molecule has 4 aliphatic rings. The highest BCUT2D eigenvalue weighted by atomic mass is 35.5. The largest absolute Gasteiger partial charge is 0.481 e. The first-order valence-corrected chi connectivity index (χ1v) is 10.9. The minimum Gasteiger partial charge on any atom is -0.481 e. The summed E-state index contributed by atoms with van der Waals surface area (Å²) in [5, 5.41) is 17.9. The van der Waals surface area contributed by atoms with Crippen molar-refractivity contribution in [3.05, 3.63) is 0 Å². The van der Waals surface area contributed by atoms with E-state index < -0.39 is 93.5 Å². The van der Waals surface area contributed by atoms with Gasteiger partial charge in [-0.1, -0.05) is 0 Å². The van der Waals surface area contributed by atoms with Gasteiger partial charge in [-0.25, -0.2) is 0 Å². The van der Waals surface area contributed by atoms with E-state index in [1.54, 1.807) is 0 Å². The standard InChI is InChI=1S/C20H20Cl2O9/c21-15(23)9-3-5-1-7(9)13(17(25)26)11(5)19(29)31-20(30)12-6-2-8(14(12)18(27)28)10(4-6)16(22)24/h5-14H,1-4H2,(H,25,26)(H,27,28)/t5-,6-,7+,8+,9+,10+,11-,12-,13+,14+/m1/s1. The molecular formula is C20H20Cl2O9. The number of ether oxygens (including phenoxy) is 1. The Morgan fingerprint density at radius 2 is 0.968 bits per heavy atom. The third-order valence-corrected chi connectivity index (χ3v) is 8.47. The Kier molecular flexibility index (Phi) is 5.62. The molecule has 168 valence electrons. The lowest BCUT2D eigenvalue weighted by atomic mass is 9.73. The maximum atomic E-state index is 12.8. The summed E-state index contributed by atoms with van der Waals surface area (Å²) in [4.78, 5) is 72.4. The second-order valence-corrected chi connectivity index (χ2v) is 9.88. The molecule has 0 aliphatic heterocycles. The van der Waals surface area contributed by atoms with Crippen LogP contribution in [0.3, 0.4) is 0 Å². The van der Waals surface area contributed by atoms with Gasteiger partial charge < -0.3 is 14.9 Å². The number of hydrogen-bond acceptors (Lipinski definition) is 7. The van der Waals surface area contributed by atoms with Crippen molar-refractivity contribution in [3.8, 4) is 0 Å². The van der Waals surface area contributed by atoms with Crippen LogP contribution in [0.2, 0.25) is 0 Å². The van der Waals surface area contributed by atoms with Crippen molar-refractivity contribution in [2.24, 2.45) is 59.2 Å². The van der Waals surface area contributed by atoms with Crippen LogP contribution in [0.15, 0.2) is 0 Å². The quantitative estimate of drug-likeness (QED) is 0.331. The molecule has 0 aromatic rings. The number of halogens is 2. The van der Waals surface area contributed by atoms with Crippen molar-refractivity contribution >= 4 is 57.6 Å². The minimum absolute atomic E-state index is 0.246. The van der Waals surface area contributed by atoms with E-state index in [0.29, 0.717) is 12.8 Å². The molecule has 0 saturated heterocycles. The van der Waals surface area contributed by atoms with E-state index in [2.05, 4.69) is 0 Å². The fourth-order valence-electron chi connectivity index (χ4n) is 6.83. The van der Waals surface area contributed by atoms with Gasteiger partial charge in [-0.3, -0.25) is 28.8 Å². The Labute approximate surface area is 186 Å².